The third-order valence-electron chi connectivity index (χ3n) is 5.27. The van der Waals surface area contributed by atoms with Crippen LogP contribution in [0.5, 0.6) is 11.5 Å². The molecule has 31 heavy (non-hydrogen) atoms. The molecule has 1 amide bonds. The van der Waals surface area contributed by atoms with E-state index in [1.54, 1.807) is 25.0 Å². The lowest BCUT2D eigenvalue weighted by Gasteiger charge is -2.32. The molecule has 0 saturated carbocycles. The molecule has 2 aromatic rings. The Morgan fingerprint density at radius 2 is 2.00 bits per heavy atom. The average molecular weight is 447 g/mol. The van der Waals surface area contributed by atoms with Gasteiger partial charge in [0.05, 0.1) is 19.8 Å². The number of hydrogen-bond acceptors (Lipinski definition) is 6. The number of ether oxygens (including phenoxy) is 3. The van der Waals surface area contributed by atoms with Gasteiger partial charge in [-0.1, -0.05) is 11.6 Å². The first kappa shape index (κ1) is 22.9. The lowest BCUT2D eigenvalue weighted by Crippen LogP contribution is -2.47. The van der Waals surface area contributed by atoms with Crippen LogP contribution in [-0.2, 0) is 22.4 Å². The molecule has 0 fully saturated rings. The minimum Gasteiger partial charge on any atom is -0.497 e. The van der Waals surface area contributed by atoms with Crippen molar-refractivity contribution in [3.63, 3.8) is 0 Å². The number of anilines is 1. The van der Waals surface area contributed by atoms with Crippen molar-refractivity contribution in [2.75, 3.05) is 25.2 Å². The van der Waals surface area contributed by atoms with Crippen LogP contribution in [0.15, 0.2) is 30.3 Å². The predicted molar refractivity (Wildman–Crippen MR) is 119 cm³/mol. The van der Waals surface area contributed by atoms with Crippen LogP contribution < -0.4 is 20.1 Å². The van der Waals surface area contributed by atoms with Gasteiger partial charge in [-0.3, -0.25) is 4.79 Å². The predicted octanol–water partition coefficient (Wildman–Crippen LogP) is 4.04. The highest BCUT2D eigenvalue weighted by Gasteiger charge is 2.28. The number of methoxy groups -OCH3 is 1. The number of hydrogen-bond donors (Lipinski definition) is 1. The zero-order valence-electron chi connectivity index (χ0n) is 17.9. The van der Waals surface area contributed by atoms with Gasteiger partial charge in [0.15, 0.2) is 0 Å². The van der Waals surface area contributed by atoms with Crippen LogP contribution in [0.2, 0.25) is 5.02 Å². The van der Waals surface area contributed by atoms with Gasteiger partial charge >= 0.3 is 6.16 Å². The second kappa shape index (κ2) is 10.0. The van der Waals surface area contributed by atoms with Crippen molar-refractivity contribution >= 4 is 29.4 Å². The van der Waals surface area contributed by atoms with Crippen LogP contribution in [0.3, 0.4) is 0 Å². The summed E-state index contributed by atoms with van der Waals surface area (Å²) < 4.78 is 15.2. The van der Waals surface area contributed by atoms with Gasteiger partial charge in [0.25, 0.3) is 0 Å². The van der Waals surface area contributed by atoms with Crippen LogP contribution in [0.25, 0.3) is 0 Å². The molecule has 0 bridgehead atoms. The van der Waals surface area contributed by atoms with E-state index in [-0.39, 0.29) is 24.7 Å². The molecule has 0 radical (unpaired) electrons. The molecule has 0 saturated heterocycles. The molecule has 0 aromatic heterocycles. The molecule has 1 aliphatic heterocycles. The number of nitrogens with zero attached hydrogens (tertiary/aromatic N) is 1. The summed E-state index contributed by atoms with van der Waals surface area (Å²) in [5, 5.41) is 0.381. The Kier molecular flexibility index (Phi) is 7.41. The molecule has 166 valence electrons. The van der Waals surface area contributed by atoms with E-state index < -0.39 is 12.2 Å². The van der Waals surface area contributed by atoms with Crippen molar-refractivity contribution in [2.45, 2.75) is 39.2 Å². The fourth-order valence-electron chi connectivity index (χ4n) is 3.74. The average Bonchev–Trinajstić information content (AvgIpc) is 2.74. The molecule has 2 aromatic carbocycles. The maximum atomic E-state index is 13.2. The molecular formula is C23H27ClN2O5. The second-order valence-corrected chi connectivity index (χ2v) is 7.79. The number of fused-ring (bicyclic) bond motifs is 1. The fraction of sp³-hybridized carbons (Fsp3) is 0.391. The number of halogens is 1. The van der Waals surface area contributed by atoms with Crippen LogP contribution in [0.1, 0.15) is 30.0 Å². The molecule has 2 N–H and O–H groups in total. The molecule has 0 aliphatic carbocycles. The van der Waals surface area contributed by atoms with Crippen LogP contribution in [0, 0.1) is 6.92 Å². The Balaban J connectivity index is 1.75. The van der Waals surface area contributed by atoms with Gasteiger partial charge in [-0.25, -0.2) is 4.79 Å². The Hall–Kier alpha value is -2.77. The zero-order valence-corrected chi connectivity index (χ0v) is 18.7. The highest BCUT2D eigenvalue weighted by Crippen LogP contribution is 2.32. The van der Waals surface area contributed by atoms with E-state index in [9.17, 15) is 9.59 Å². The summed E-state index contributed by atoms with van der Waals surface area (Å²) in [4.78, 5) is 26.4. The molecule has 0 unspecified atom stereocenters. The van der Waals surface area contributed by atoms with E-state index in [2.05, 4.69) is 0 Å². The van der Waals surface area contributed by atoms with Gasteiger partial charge in [-0.2, -0.15) is 0 Å². The van der Waals surface area contributed by atoms with Crippen molar-refractivity contribution in [3.05, 3.63) is 52.0 Å². The van der Waals surface area contributed by atoms with Gasteiger partial charge in [0.1, 0.15) is 11.5 Å². The number of rotatable bonds is 6. The van der Waals surface area contributed by atoms with Crippen LogP contribution in [0.4, 0.5) is 10.5 Å². The Morgan fingerprint density at radius 1 is 1.23 bits per heavy atom. The standard InChI is InChI=1S/C23H27ClN2O5/c1-4-30-23(28)31-17-10-14(2)18(19(24)12-17)13-20(25)22(27)26-9-5-6-15-11-16(29-3)7-8-21(15)26/h7-8,10-12,20H,4-6,9,13,25H2,1-3H3/t20-/m0/s1. The zero-order chi connectivity index (χ0) is 22.5. The molecule has 8 heteroatoms. The number of aryl methyl sites for hydroxylation is 2. The SMILES string of the molecule is CCOC(=O)Oc1cc(C)c(C[C@H](N)C(=O)N2CCCc3cc(OC)ccc32)c(Cl)c1. The van der Waals surface area contributed by atoms with E-state index in [0.717, 1.165) is 41.0 Å². The third kappa shape index (κ3) is 5.29. The lowest BCUT2D eigenvalue weighted by atomic mass is 9.97. The summed E-state index contributed by atoms with van der Waals surface area (Å²) in [6.45, 7) is 4.36. The van der Waals surface area contributed by atoms with Gasteiger partial charge < -0.3 is 24.8 Å². The number of carbonyl (C=O) groups is 2. The lowest BCUT2D eigenvalue weighted by molar-refractivity contribution is -0.119. The monoisotopic (exact) mass is 446 g/mol. The smallest absolute Gasteiger partial charge is 0.497 e. The largest absolute Gasteiger partial charge is 0.513 e. The maximum Gasteiger partial charge on any atom is 0.513 e. The minimum atomic E-state index is -0.794. The Labute approximate surface area is 187 Å². The maximum absolute atomic E-state index is 13.2. The van der Waals surface area contributed by atoms with Gasteiger partial charge in [-0.05, 0) is 80.1 Å². The third-order valence-corrected chi connectivity index (χ3v) is 5.61. The Bertz CT molecular complexity index is 955. The molecule has 1 aliphatic rings. The first-order chi connectivity index (χ1) is 14.8. The highest BCUT2D eigenvalue weighted by atomic mass is 35.5. The first-order valence-electron chi connectivity index (χ1n) is 10.2. The second-order valence-electron chi connectivity index (χ2n) is 7.38. The van der Waals surface area contributed by atoms with Crippen LogP contribution >= 0.6 is 11.6 Å². The van der Waals surface area contributed by atoms with E-state index in [4.69, 9.17) is 31.5 Å². The van der Waals surface area contributed by atoms with E-state index in [0.29, 0.717) is 11.6 Å². The topological polar surface area (TPSA) is 91.1 Å². The molecular weight excluding hydrogens is 420 g/mol. The van der Waals surface area contributed by atoms with Crippen molar-refractivity contribution < 1.29 is 23.8 Å². The van der Waals surface area contributed by atoms with Crippen molar-refractivity contribution in [2.24, 2.45) is 5.73 Å². The summed E-state index contributed by atoms with van der Waals surface area (Å²) in [5.74, 6) is 0.891. The normalized spacial score (nSPS) is 13.9. The number of carbonyl (C=O) groups excluding carboxylic acids is 2. The van der Waals surface area contributed by atoms with Crippen molar-refractivity contribution in [1.82, 2.24) is 0 Å². The summed E-state index contributed by atoms with van der Waals surface area (Å²) in [7, 11) is 1.62. The van der Waals surface area contributed by atoms with Crippen molar-refractivity contribution in [1.29, 1.82) is 0 Å². The summed E-state index contributed by atoms with van der Waals surface area (Å²) in [6, 6.07) is 8.15. The van der Waals surface area contributed by atoms with Gasteiger partial charge in [0.2, 0.25) is 5.91 Å². The van der Waals surface area contributed by atoms with Crippen molar-refractivity contribution in [3.8, 4) is 11.5 Å². The van der Waals surface area contributed by atoms with Crippen LogP contribution in [-0.4, -0.2) is 38.4 Å². The minimum absolute atomic E-state index is 0.159. The number of amides is 1. The number of nitrogens with two attached hydrogens (primary N) is 1. The van der Waals surface area contributed by atoms with E-state index in [1.807, 2.05) is 25.1 Å². The molecule has 7 nitrogen and oxygen atoms in total. The summed E-state index contributed by atoms with van der Waals surface area (Å²) >= 11 is 6.42. The van der Waals surface area contributed by atoms with Gasteiger partial charge in [-0.15, -0.1) is 0 Å². The Morgan fingerprint density at radius 3 is 2.68 bits per heavy atom. The first-order valence-corrected chi connectivity index (χ1v) is 10.6. The van der Waals surface area contributed by atoms with E-state index >= 15 is 0 Å². The molecule has 1 atom stereocenters. The molecule has 3 rings (SSSR count). The summed E-state index contributed by atoms with van der Waals surface area (Å²) in [5.41, 5.74) is 9.77. The fourth-order valence-corrected chi connectivity index (χ4v) is 4.07. The molecule has 1 heterocycles. The quantitative estimate of drug-likeness (QED) is 0.532. The summed E-state index contributed by atoms with van der Waals surface area (Å²) in [6.07, 6.45) is 1.22. The number of benzene rings is 2. The molecule has 0 spiro atoms. The van der Waals surface area contributed by atoms with Gasteiger partial charge in [0, 0.05) is 17.3 Å². The highest BCUT2D eigenvalue weighted by molar-refractivity contribution is 6.31. The van der Waals surface area contributed by atoms with E-state index in [1.165, 1.54) is 6.07 Å².